The van der Waals surface area contributed by atoms with E-state index >= 15 is 0 Å². The van der Waals surface area contributed by atoms with Crippen molar-refractivity contribution in [2.24, 2.45) is 0 Å². The summed E-state index contributed by atoms with van der Waals surface area (Å²) >= 11 is 0. The zero-order valence-electron chi connectivity index (χ0n) is 18.7. The largest absolute Gasteiger partial charge is 0.492 e. The minimum absolute atomic E-state index is 0.140. The molecule has 1 atom stereocenters. The monoisotopic (exact) mass is 449 g/mol. The summed E-state index contributed by atoms with van der Waals surface area (Å²) < 4.78 is 11.9. The number of ether oxygens (including phenoxy) is 2. The predicted molar refractivity (Wildman–Crippen MR) is 123 cm³/mol. The SMILES string of the molecule is CCC(COc1cccc2nc(C)cc(N)c12)NC(=O)c1cccc2c1OCCC2.O=C=O. The number of nitrogens with two attached hydrogens (primary N) is 1. The molecular formula is C25H27N3O5. The Labute approximate surface area is 192 Å². The van der Waals surface area contributed by atoms with Crippen LogP contribution in [0.15, 0.2) is 42.5 Å². The molecule has 3 N–H and O–H groups in total. The average Bonchev–Trinajstić information content (AvgIpc) is 2.81. The van der Waals surface area contributed by atoms with Gasteiger partial charge in [-0.15, -0.1) is 0 Å². The fourth-order valence-corrected chi connectivity index (χ4v) is 3.83. The molecule has 2 aromatic carbocycles. The lowest BCUT2D eigenvalue weighted by Gasteiger charge is -2.22. The topological polar surface area (TPSA) is 121 Å². The highest BCUT2D eigenvalue weighted by atomic mass is 16.5. The van der Waals surface area contributed by atoms with Crippen LogP contribution >= 0.6 is 0 Å². The number of amides is 1. The second-order valence-corrected chi connectivity index (χ2v) is 7.72. The normalized spacial score (nSPS) is 12.9. The van der Waals surface area contributed by atoms with Crippen molar-refractivity contribution in [3.8, 4) is 11.5 Å². The minimum Gasteiger partial charge on any atom is -0.492 e. The molecule has 172 valence electrons. The van der Waals surface area contributed by atoms with Crippen molar-refractivity contribution in [2.45, 2.75) is 39.2 Å². The van der Waals surface area contributed by atoms with Crippen LogP contribution in [-0.4, -0.2) is 36.3 Å². The third-order valence-electron chi connectivity index (χ3n) is 5.40. The molecule has 4 rings (SSSR count). The van der Waals surface area contributed by atoms with Crippen LogP contribution in [0.1, 0.15) is 41.4 Å². The van der Waals surface area contributed by atoms with Gasteiger partial charge < -0.3 is 20.5 Å². The lowest BCUT2D eigenvalue weighted by atomic mass is 10.0. The van der Waals surface area contributed by atoms with Gasteiger partial charge >= 0.3 is 6.15 Å². The molecule has 8 heteroatoms. The summed E-state index contributed by atoms with van der Waals surface area (Å²) in [4.78, 5) is 33.7. The van der Waals surface area contributed by atoms with E-state index in [1.54, 1.807) is 0 Å². The Bertz CT molecular complexity index is 1170. The first-order valence-electron chi connectivity index (χ1n) is 10.8. The molecule has 33 heavy (non-hydrogen) atoms. The molecule has 8 nitrogen and oxygen atoms in total. The third-order valence-corrected chi connectivity index (χ3v) is 5.40. The van der Waals surface area contributed by atoms with Crippen molar-refractivity contribution in [3.63, 3.8) is 0 Å². The average molecular weight is 450 g/mol. The van der Waals surface area contributed by atoms with Crippen molar-refractivity contribution >= 4 is 28.6 Å². The highest BCUT2D eigenvalue weighted by Crippen LogP contribution is 2.31. The summed E-state index contributed by atoms with van der Waals surface area (Å²) in [6.07, 6.45) is 2.90. The summed E-state index contributed by atoms with van der Waals surface area (Å²) in [5, 5.41) is 3.89. The minimum atomic E-state index is -0.146. The Morgan fingerprint density at radius 2 is 2.03 bits per heavy atom. The van der Waals surface area contributed by atoms with E-state index < -0.39 is 0 Å². The Morgan fingerprint density at radius 1 is 1.27 bits per heavy atom. The fraction of sp³-hybridized carbons (Fsp3) is 0.320. The van der Waals surface area contributed by atoms with E-state index in [-0.39, 0.29) is 18.1 Å². The third kappa shape index (κ3) is 5.67. The summed E-state index contributed by atoms with van der Waals surface area (Å²) in [6, 6.07) is 13.1. The molecule has 1 amide bonds. The van der Waals surface area contributed by atoms with Crippen LogP contribution in [0.25, 0.3) is 10.9 Å². The standard InChI is InChI=1S/C24H27N3O3.CO2/c1-3-17(27-24(28)18-9-4-7-16-8-6-12-29-23(16)18)14-30-21-11-5-10-20-22(21)19(25)13-15(2)26-20;2-1-3/h4-5,7,9-11,13,17H,3,6,8,12,14H2,1-2H3,(H2,25,26)(H,27,28);. The number of aromatic nitrogens is 1. The van der Waals surface area contributed by atoms with Gasteiger partial charge in [0.1, 0.15) is 18.1 Å². The number of nitrogens with zero attached hydrogens (tertiary/aromatic N) is 1. The van der Waals surface area contributed by atoms with Crippen LogP contribution in [0.4, 0.5) is 5.69 Å². The highest BCUT2D eigenvalue weighted by Gasteiger charge is 2.21. The molecule has 0 fully saturated rings. The molecule has 0 saturated heterocycles. The van der Waals surface area contributed by atoms with Crippen LogP contribution in [0, 0.1) is 6.92 Å². The van der Waals surface area contributed by atoms with Crippen LogP contribution < -0.4 is 20.5 Å². The fourth-order valence-electron chi connectivity index (χ4n) is 3.83. The van der Waals surface area contributed by atoms with E-state index in [9.17, 15) is 4.79 Å². The quantitative estimate of drug-likeness (QED) is 0.591. The van der Waals surface area contributed by atoms with Crippen molar-refractivity contribution in [3.05, 3.63) is 59.3 Å². The van der Waals surface area contributed by atoms with Gasteiger partial charge in [0.25, 0.3) is 5.91 Å². The number of pyridine rings is 1. The van der Waals surface area contributed by atoms with Gasteiger partial charge in [-0.05, 0) is 56.0 Å². The second kappa shape index (κ2) is 11.1. The maximum Gasteiger partial charge on any atom is 0.373 e. The maximum atomic E-state index is 12.9. The van der Waals surface area contributed by atoms with Crippen molar-refractivity contribution in [1.82, 2.24) is 10.3 Å². The number of hydrogen-bond donors (Lipinski definition) is 2. The van der Waals surface area contributed by atoms with Crippen molar-refractivity contribution in [2.75, 3.05) is 18.9 Å². The first kappa shape index (κ1) is 23.8. The number of nitrogen functional groups attached to an aromatic ring is 1. The van der Waals surface area contributed by atoms with Crippen LogP contribution in [0.5, 0.6) is 11.5 Å². The molecule has 0 aliphatic carbocycles. The van der Waals surface area contributed by atoms with Gasteiger partial charge in [0, 0.05) is 11.4 Å². The summed E-state index contributed by atoms with van der Waals surface area (Å²) in [6.45, 7) is 4.92. The molecule has 0 spiro atoms. The van der Waals surface area contributed by atoms with Gasteiger partial charge in [-0.1, -0.05) is 25.1 Å². The molecule has 2 heterocycles. The number of carbonyl (C=O) groups is 1. The molecule has 1 aromatic heterocycles. The van der Waals surface area contributed by atoms with Crippen LogP contribution in [-0.2, 0) is 16.0 Å². The van der Waals surface area contributed by atoms with Gasteiger partial charge in [0.05, 0.1) is 29.1 Å². The first-order chi connectivity index (χ1) is 16.0. The van der Waals surface area contributed by atoms with Crippen LogP contribution in [0.3, 0.4) is 0 Å². The van der Waals surface area contributed by atoms with E-state index in [2.05, 4.69) is 10.3 Å². The number of nitrogens with one attached hydrogen (secondary N) is 1. The first-order valence-corrected chi connectivity index (χ1v) is 10.8. The van der Waals surface area contributed by atoms with Gasteiger partial charge in [-0.25, -0.2) is 0 Å². The number of rotatable bonds is 6. The smallest absolute Gasteiger partial charge is 0.373 e. The van der Waals surface area contributed by atoms with Gasteiger partial charge in [0.2, 0.25) is 0 Å². The second-order valence-electron chi connectivity index (χ2n) is 7.72. The number of aryl methyl sites for hydroxylation is 2. The van der Waals surface area contributed by atoms with Crippen molar-refractivity contribution < 1.29 is 23.9 Å². The number of para-hydroxylation sites is 1. The van der Waals surface area contributed by atoms with E-state index in [0.29, 0.717) is 36.0 Å². The maximum absolute atomic E-state index is 12.9. The Hall–Kier alpha value is -3.90. The van der Waals surface area contributed by atoms with Gasteiger partial charge in [-0.3, -0.25) is 9.78 Å². The van der Waals surface area contributed by atoms with E-state index in [0.717, 1.165) is 41.4 Å². The Morgan fingerprint density at radius 3 is 2.79 bits per heavy atom. The zero-order chi connectivity index (χ0) is 23.8. The summed E-state index contributed by atoms with van der Waals surface area (Å²) in [7, 11) is 0. The van der Waals surface area contributed by atoms with E-state index in [1.807, 2.05) is 56.3 Å². The van der Waals surface area contributed by atoms with E-state index in [4.69, 9.17) is 24.8 Å². The Balaban J connectivity index is 0.000000968. The number of benzene rings is 2. The zero-order valence-corrected chi connectivity index (χ0v) is 18.7. The number of hydrogen-bond acceptors (Lipinski definition) is 7. The predicted octanol–water partition coefficient (Wildman–Crippen LogP) is 3.45. The Kier molecular flexibility index (Phi) is 8.00. The van der Waals surface area contributed by atoms with Crippen LogP contribution in [0.2, 0.25) is 0 Å². The molecule has 0 saturated carbocycles. The molecular weight excluding hydrogens is 422 g/mol. The van der Waals surface area contributed by atoms with Crippen molar-refractivity contribution in [1.29, 1.82) is 0 Å². The number of anilines is 1. The molecule has 1 aliphatic rings. The summed E-state index contributed by atoms with van der Waals surface area (Å²) in [5.41, 5.74) is 10.2. The van der Waals surface area contributed by atoms with Gasteiger partial charge in [-0.2, -0.15) is 9.59 Å². The van der Waals surface area contributed by atoms with Gasteiger partial charge in [0.15, 0.2) is 0 Å². The molecule has 1 unspecified atom stereocenters. The molecule has 3 aromatic rings. The lowest BCUT2D eigenvalue weighted by molar-refractivity contribution is -0.191. The molecule has 1 aliphatic heterocycles. The highest BCUT2D eigenvalue weighted by molar-refractivity contribution is 5.98. The number of fused-ring (bicyclic) bond motifs is 2. The van der Waals surface area contributed by atoms with E-state index in [1.165, 1.54) is 0 Å². The number of carbonyl (C=O) groups excluding carboxylic acids is 3. The molecule has 0 radical (unpaired) electrons. The summed E-state index contributed by atoms with van der Waals surface area (Å²) in [5.74, 6) is 1.24. The molecule has 0 bridgehead atoms. The lowest BCUT2D eigenvalue weighted by Crippen LogP contribution is -2.39.